The van der Waals surface area contributed by atoms with Gasteiger partial charge in [-0.25, -0.2) is 0 Å². The van der Waals surface area contributed by atoms with Crippen molar-refractivity contribution in [3.63, 3.8) is 0 Å². The SMILES string of the molecule is CC1CCCC(NCc2ccc(Cl)c3cccnc23)C1C. The Kier molecular flexibility index (Phi) is 4.46. The molecule has 0 amide bonds. The van der Waals surface area contributed by atoms with Gasteiger partial charge in [0, 0.05) is 29.2 Å². The molecule has 1 aromatic carbocycles. The van der Waals surface area contributed by atoms with Crippen LogP contribution in [0.5, 0.6) is 0 Å². The molecule has 0 bridgehead atoms. The van der Waals surface area contributed by atoms with Gasteiger partial charge in [0.25, 0.3) is 0 Å². The fourth-order valence-corrected chi connectivity index (χ4v) is 3.67. The highest BCUT2D eigenvalue weighted by Crippen LogP contribution is 2.30. The van der Waals surface area contributed by atoms with Gasteiger partial charge in [-0.1, -0.05) is 44.4 Å². The van der Waals surface area contributed by atoms with Crippen LogP contribution in [0.2, 0.25) is 5.02 Å². The van der Waals surface area contributed by atoms with Crippen molar-refractivity contribution in [3.05, 3.63) is 41.0 Å². The number of fused-ring (bicyclic) bond motifs is 1. The summed E-state index contributed by atoms with van der Waals surface area (Å²) in [6.07, 6.45) is 5.82. The maximum atomic E-state index is 6.26. The number of hydrogen-bond donors (Lipinski definition) is 1. The summed E-state index contributed by atoms with van der Waals surface area (Å²) in [7, 11) is 0. The third-order valence-electron chi connectivity index (χ3n) is 5.06. The van der Waals surface area contributed by atoms with Crippen LogP contribution in [0.1, 0.15) is 38.7 Å². The first-order valence-corrected chi connectivity index (χ1v) is 8.30. The van der Waals surface area contributed by atoms with Gasteiger partial charge in [-0.15, -0.1) is 0 Å². The average Bonchev–Trinajstić information content (AvgIpc) is 2.51. The highest BCUT2D eigenvalue weighted by Gasteiger charge is 2.26. The van der Waals surface area contributed by atoms with E-state index in [1.54, 1.807) is 0 Å². The number of aromatic nitrogens is 1. The van der Waals surface area contributed by atoms with Crippen LogP contribution in [-0.4, -0.2) is 11.0 Å². The Morgan fingerprint density at radius 2 is 2.10 bits per heavy atom. The molecule has 1 aliphatic rings. The number of hydrogen-bond acceptors (Lipinski definition) is 2. The zero-order valence-corrected chi connectivity index (χ0v) is 13.5. The van der Waals surface area contributed by atoms with Crippen molar-refractivity contribution in [1.29, 1.82) is 0 Å². The standard InChI is InChI=1S/C18H23ClN2/c1-12-5-3-7-17(13(12)2)21-11-14-8-9-16(19)15-6-4-10-20-18(14)15/h4,6,8-10,12-13,17,21H,3,5,7,11H2,1-2H3. The van der Waals surface area contributed by atoms with Gasteiger partial charge in [0.05, 0.1) is 5.52 Å². The lowest BCUT2D eigenvalue weighted by Gasteiger charge is -2.34. The van der Waals surface area contributed by atoms with Gasteiger partial charge in [0.2, 0.25) is 0 Å². The van der Waals surface area contributed by atoms with Crippen molar-refractivity contribution in [3.8, 4) is 0 Å². The van der Waals surface area contributed by atoms with Crippen molar-refractivity contribution < 1.29 is 0 Å². The van der Waals surface area contributed by atoms with E-state index in [0.717, 1.165) is 34.3 Å². The van der Waals surface area contributed by atoms with E-state index in [1.807, 2.05) is 24.4 Å². The van der Waals surface area contributed by atoms with Gasteiger partial charge in [-0.3, -0.25) is 4.98 Å². The molecular formula is C18H23ClN2. The lowest BCUT2D eigenvalue weighted by molar-refractivity contribution is 0.206. The molecule has 0 radical (unpaired) electrons. The van der Waals surface area contributed by atoms with Crippen LogP contribution >= 0.6 is 11.6 Å². The maximum absolute atomic E-state index is 6.26. The molecule has 3 rings (SSSR count). The Morgan fingerprint density at radius 1 is 1.24 bits per heavy atom. The molecule has 1 heterocycles. The molecule has 1 fully saturated rings. The van der Waals surface area contributed by atoms with E-state index in [0.29, 0.717) is 6.04 Å². The quantitative estimate of drug-likeness (QED) is 0.880. The maximum Gasteiger partial charge on any atom is 0.0761 e. The van der Waals surface area contributed by atoms with Gasteiger partial charge in [0.1, 0.15) is 0 Å². The predicted molar refractivity (Wildman–Crippen MR) is 89.6 cm³/mol. The van der Waals surface area contributed by atoms with Crippen LogP contribution in [0.25, 0.3) is 10.9 Å². The monoisotopic (exact) mass is 302 g/mol. The van der Waals surface area contributed by atoms with Crippen molar-refractivity contribution >= 4 is 22.5 Å². The Morgan fingerprint density at radius 3 is 2.95 bits per heavy atom. The molecule has 3 heteroatoms. The molecule has 1 saturated carbocycles. The van der Waals surface area contributed by atoms with Gasteiger partial charge in [-0.2, -0.15) is 0 Å². The van der Waals surface area contributed by atoms with E-state index in [4.69, 9.17) is 11.6 Å². The summed E-state index contributed by atoms with van der Waals surface area (Å²) in [6, 6.07) is 8.68. The van der Waals surface area contributed by atoms with Gasteiger partial charge < -0.3 is 5.32 Å². The molecule has 0 aliphatic heterocycles. The van der Waals surface area contributed by atoms with Gasteiger partial charge in [0.15, 0.2) is 0 Å². The molecule has 0 saturated heterocycles. The third-order valence-corrected chi connectivity index (χ3v) is 5.39. The van der Waals surface area contributed by atoms with Crippen LogP contribution in [0, 0.1) is 11.8 Å². The first-order valence-electron chi connectivity index (χ1n) is 7.92. The van der Waals surface area contributed by atoms with Crippen LogP contribution < -0.4 is 5.32 Å². The summed E-state index contributed by atoms with van der Waals surface area (Å²) >= 11 is 6.26. The smallest absolute Gasteiger partial charge is 0.0761 e. The molecule has 1 aliphatic carbocycles. The van der Waals surface area contributed by atoms with Crippen LogP contribution in [0.4, 0.5) is 0 Å². The van der Waals surface area contributed by atoms with Crippen molar-refractivity contribution in [2.45, 2.75) is 45.7 Å². The summed E-state index contributed by atoms with van der Waals surface area (Å²) < 4.78 is 0. The number of halogens is 1. The topological polar surface area (TPSA) is 24.9 Å². The van der Waals surface area contributed by atoms with Gasteiger partial charge in [-0.05, 0) is 42.0 Å². The number of pyridine rings is 1. The Balaban J connectivity index is 1.78. The average molecular weight is 303 g/mol. The summed E-state index contributed by atoms with van der Waals surface area (Å²) in [4.78, 5) is 4.52. The normalized spacial score (nSPS) is 26.1. The lowest BCUT2D eigenvalue weighted by Crippen LogP contribution is -2.40. The minimum Gasteiger partial charge on any atom is -0.310 e. The zero-order valence-electron chi connectivity index (χ0n) is 12.8. The number of nitrogens with one attached hydrogen (secondary N) is 1. The Hall–Kier alpha value is -1.12. The van der Waals surface area contributed by atoms with Crippen LogP contribution in [0.15, 0.2) is 30.5 Å². The van der Waals surface area contributed by atoms with Crippen LogP contribution in [0.3, 0.4) is 0 Å². The van der Waals surface area contributed by atoms with Crippen molar-refractivity contribution in [1.82, 2.24) is 10.3 Å². The molecule has 2 nitrogen and oxygen atoms in total. The zero-order chi connectivity index (χ0) is 14.8. The number of benzene rings is 1. The first kappa shape index (κ1) is 14.8. The van der Waals surface area contributed by atoms with E-state index in [-0.39, 0.29) is 0 Å². The summed E-state index contributed by atoms with van der Waals surface area (Å²) in [5.74, 6) is 1.56. The molecule has 1 aromatic heterocycles. The van der Waals surface area contributed by atoms with E-state index in [9.17, 15) is 0 Å². The Bertz CT molecular complexity index is 626. The van der Waals surface area contributed by atoms with Gasteiger partial charge >= 0.3 is 0 Å². The second-order valence-electron chi connectivity index (χ2n) is 6.36. The summed E-state index contributed by atoms with van der Waals surface area (Å²) in [6.45, 7) is 5.61. The minimum absolute atomic E-state index is 0.614. The molecule has 21 heavy (non-hydrogen) atoms. The first-order chi connectivity index (χ1) is 10.2. The fourth-order valence-electron chi connectivity index (χ4n) is 3.45. The fraction of sp³-hybridized carbons (Fsp3) is 0.500. The second kappa shape index (κ2) is 6.33. The van der Waals surface area contributed by atoms with E-state index in [1.165, 1.54) is 24.8 Å². The number of nitrogens with zero attached hydrogens (tertiary/aromatic N) is 1. The third kappa shape index (κ3) is 3.07. The summed E-state index contributed by atoms with van der Waals surface area (Å²) in [5.41, 5.74) is 2.26. The highest BCUT2D eigenvalue weighted by molar-refractivity contribution is 6.35. The number of rotatable bonds is 3. The molecule has 3 unspecified atom stereocenters. The van der Waals surface area contributed by atoms with Crippen molar-refractivity contribution in [2.24, 2.45) is 11.8 Å². The minimum atomic E-state index is 0.614. The molecule has 1 N–H and O–H groups in total. The molecular weight excluding hydrogens is 280 g/mol. The highest BCUT2D eigenvalue weighted by atomic mass is 35.5. The molecule has 3 atom stereocenters. The van der Waals surface area contributed by atoms with E-state index in [2.05, 4.69) is 30.2 Å². The van der Waals surface area contributed by atoms with Crippen LogP contribution in [-0.2, 0) is 6.54 Å². The molecule has 0 spiro atoms. The Labute approximate surface area is 131 Å². The van der Waals surface area contributed by atoms with E-state index < -0.39 is 0 Å². The summed E-state index contributed by atoms with van der Waals surface area (Å²) in [5, 5.41) is 5.57. The predicted octanol–water partition coefficient (Wildman–Crippen LogP) is 4.80. The van der Waals surface area contributed by atoms with Crippen molar-refractivity contribution in [2.75, 3.05) is 0 Å². The second-order valence-corrected chi connectivity index (χ2v) is 6.77. The largest absolute Gasteiger partial charge is 0.310 e. The lowest BCUT2D eigenvalue weighted by atomic mass is 9.78. The van der Waals surface area contributed by atoms with E-state index >= 15 is 0 Å². The molecule has 112 valence electrons. The molecule has 2 aromatic rings.